The molecule has 4 heteroatoms. The van der Waals surface area contributed by atoms with Gasteiger partial charge < -0.3 is 5.73 Å². The Kier molecular flexibility index (Phi) is 3.09. The average molecular weight is 225 g/mol. The Hall–Kier alpha value is -0.450. The molecule has 0 aliphatic carbocycles. The second-order valence-corrected chi connectivity index (χ2v) is 5.94. The van der Waals surface area contributed by atoms with Gasteiger partial charge in [0.1, 0.15) is 5.01 Å². The van der Waals surface area contributed by atoms with E-state index in [0.717, 1.165) is 6.54 Å². The molecule has 2 heterocycles. The molecule has 2 rings (SSSR count). The Morgan fingerprint density at radius 3 is 2.67 bits per heavy atom. The molecule has 3 nitrogen and oxygen atoms in total. The number of thiazole rings is 1. The maximum absolute atomic E-state index is 6.04. The molecule has 0 spiro atoms. The van der Waals surface area contributed by atoms with Gasteiger partial charge in [-0.1, -0.05) is 0 Å². The standard InChI is InChI=1S/C11H19N3S/c1-11(2,12)9-7-13-10(15-9)8-14-5-3-4-6-14/h7H,3-6,8,12H2,1-2H3. The highest BCUT2D eigenvalue weighted by atomic mass is 32.1. The SMILES string of the molecule is CC(C)(N)c1cnc(CN2CCCC2)s1. The number of likely N-dealkylation sites (tertiary alicyclic amines) is 1. The highest BCUT2D eigenvalue weighted by molar-refractivity contribution is 7.11. The quantitative estimate of drug-likeness (QED) is 0.854. The summed E-state index contributed by atoms with van der Waals surface area (Å²) in [7, 11) is 0. The molecule has 1 aliphatic rings. The molecule has 0 aromatic carbocycles. The largest absolute Gasteiger partial charge is 0.321 e. The Morgan fingerprint density at radius 1 is 1.47 bits per heavy atom. The van der Waals surface area contributed by atoms with Crippen molar-refractivity contribution in [2.24, 2.45) is 5.73 Å². The number of rotatable bonds is 3. The fourth-order valence-corrected chi connectivity index (χ4v) is 2.79. The number of aromatic nitrogens is 1. The van der Waals surface area contributed by atoms with Gasteiger partial charge in [0, 0.05) is 16.6 Å². The molecule has 2 N–H and O–H groups in total. The Labute approximate surface area is 95.3 Å². The van der Waals surface area contributed by atoms with Crippen molar-refractivity contribution in [3.63, 3.8) is 0 Å². The predicted molar refractivity (Wildman–Crippen MR) is 63.8 cm³/mol. The van der Waals surface area contributed by atoms with E-state index in [1.165, 1.54) is 35.8 Å². The zero-order valence-electron chi connectivity index (χ0n) is 9.49. The first-order chi connectivity index (χ1) is 7.05. The fourth-order valence-electron chi connectivity index (χ4n) is 1.81. The lowest BCUT2D eigenvalue weighted by Gasteiger charge is -2.15. The Balaban J connectivity index is 2.00. The van der Waals surface area contributed by atoms with E-state index < -0.39 is 0 Å². The third kappa shape index (κ3) is 2.77. The van der Waals surface area contributed by atoms with Gasteiger partial charge in [-0.2, -0.15) is 0 Å². The van der Waals surface area contributed by atoms with Gasteiger partial charge in [0.25, 0.3) is 0 Å². The van der Waals surface area contributed by atoms with Gasteiger partial charge in [-0.3, -0.25) is 4.90 Å². The molecule has 0 unspecified atom stereocenters. The van der Waals surface area contributed by atoms with E-state index in [9.17, 15) is 0 Å². The summed E-state index contributed by atoms with van der Waals surface area (Å²) in [6, 6.07) is 0. The molecular formula is C11H19N3S. The van der Waals surface area contributed by atoms with Crippen molar-refractivity contribution in [1.82, 2.24) is 9.88 Å². The normalized spacial score (nSPS) is 18.6. The van der Waals surface area contributed by atoms with Crippen molar-refractivity contribution in [2.75, 3.05) is 13.1 Å². The number of nitrogens with zero attached hydrogens (tertiary/aromatic N) is 2. The van der Waals surface area contributed by atoms with E-state index >= 15 is 0 Å². The maximum Gasteiger partial charge on any atom is 0.107 e. The van der Waals surface area contributed by atoms with Crippen LogP contribution in [0.4, 0.5) is 0 Å². The molecule has 1 aromatic rings. The number of nitrogens with two attached hydrogens (primary N) is 1. The van der Waals surface area contributed by atoms with Crippen molar-refractivity contribution in [1.29, 1.82) is 0 Å². The summed E-state index contributed by atoms with van der Waals surface area (Å²) in [5, 5.41) is 1.20. The minimum Gasteiger partial charge on any atom is -0.321 e. The topological polar surface area (TPSA) is 42.1 Å². The van der Waals surface area contributed by atoms with E-state index in [4.69, 9.17) is 5.73 Å². The second-order valence-electron chi connectivity index (χ2n) is 4.82. The van der Waals surface area contributed by atoms with Crippen LogP contribution in [0.5, 0.6) is 0 Å². The van der Waals surface area contributed by atoms with E-state index in [0.29, 0.717) is 0 Å². The number of hydrogen-bond acceptors (Lipinski definition) is 4. The van der Waals surface area contributed by atoms with Gasteiger partial charge in [0.15, 0.2) is 0 Å². The zero-order chi connectivity index (χ0) is 10.9. The lowest BCUT2D eigenvalue weighted by molar-refractivity contribution is 0.331. The van der Waals surface area contributed by atoms with E-state index in [2.05, 4.69) is 9.88 Å². The molecule has 0 bridgehead atoms. The minimum atomic E-state index is -0.249. The molecule has 84 valence electrons. The molecule has 1 aliphatic heterocycles. The zero-order valence-corrected chi connectivity index (χ0v) is 10.3. The highest BCUT2D eigenvalue weighted by Crippen LogP contribution is 2.25. The molecule has 15 heavy (non-hydrogen) atoms. The van der Waals surface area contributed by atoms with E-state index in [1.54, 1.807) is 11.3 Å². The van der Waals surface area contributed by atoms with Crippen LogP contribution in [0.1, 0.15) is 36.6 Å². The first-order valence-electron chi connectivity index (χ1n) is 5.52. The minimum absolute atomic E-state index is 0.249. The molecule has 1 saturated heterocycles. The van der Waals surface area contributed by atoms with Crippen LogP contribution in [-0.4, -0.2) is 23.0 Å². The average Bonchev–Trinajstić information content (AvgIpc) is 2.73. The summed E-state index contributed by atoms with van der Waals surface area (Å²) >= 11 is 1.75. The predicted octanol–water partition coefficient (Wildman–Crippen LogP) is 1.93. The van der Waals surface area contributed by atoms with Crippen LogP contribution in [0, 0.1) is 0 Å². The van der Waals surface area contributed by atoms with Crippen LogP contribution in [-0.2, 0) is 12.1 Å². The van der Waals surface area contributed by atoms with Gasteiger partial charge in [-0.25, -0.2) is 4.98 Å². The first kappa shape index (κ1) is 11.0. The Morgan fingerprint density at radius 2 is 2.13 bits per heavy atom. The molecule has 0 atom stereocenters. The maximum atomic E-state index is 6.04. The van der Waals surface area contributed by atoms with Crippen LogP contribution in [0.25, 0.3) is 0 Å². The van der Waals surface area contributed by atoms with Gasteiger partial charge in [0.2, 0.25) is 0 Å². The number of hydrogen-bond donors (Lipinski definition) is 1. The van der Waals surface area contributed by atoms with Crippen molar-refractivity contribution in [3.05, 3.63) is 16.1 Å². The van der Waals surface area contributed by atoms with Crippen molar-refractivity contribution < 1.29 is 0 Å². The summed E-state index contributed by atoms with van der Waals surface area (Å²) in [6.07, 6.45) is 4.59. The lowest BCUT2D eigenvalue weighted by Crippen LogP contribution is -2.27. The molecule has 1 fully saturated rings. The van der Waals surface area contributed by atoms with Gasteiger partial charge in [0.05, 0.1) is 6.54 Å². The summed E-state index contributed by atoms with van der Waals surface area (Å²) in [4.78, 5) is 8.08. The molecule has 0 radical (unpaired) electrons. The lowest BCUT2D eigenvalue weighted by atomic mass is 10.1. The van der Waals surface area contributed by atoms with E-state index in [1.807, 2.05) is 20.0 Å². The second kappa shape index (κ2) is 4.20. The third-order valence-corrected chi connectivity index (χ3v) is 4.07. The fraction of sp³-hybridized carbons (Fsp3) is 0.727. The van der Waals surface area contributed by atoms with Crippen molar-refractivity contribution >= 4 is 11.3 Å². The van der Waals surface area contributed by atoms with Crippen LogP contribution < -0.4 is 5.73 Å². The summed E-state index contributed by atoms with van der Waals surface area (Å²) in [6.45, 7) is 7.50. The Bertz CT molecular complexity index is 321. The summed E-state index contributed by atoms with van der Waals surface area (Å²) in [5.41, 5.74) is 5.79. The monoisotopic (exact) mass is 225 g/mol. The first-order valence-corrected chi connectivity index (χ1v) is 6.34. The highest BCUT2D eigenvalue weighted by Gasteiger charge is 2.19. The molecule has 0 amide bonds. The van der Waals surface area contributed by atoms with Crippen LogP contribution in [0.3, 0.4) is 0 Å². The van der Waals surface area contributed by atoms with Crippen LogP contribution in [0.15, 0.2) is 6.20 Å². The van der Waals surface area contributed by atoms with E-state index in [-0.39, 0.29) is 5.54 Å². The van der Waals surface area contributed by atoms with Crippen LogP contribution in [0.2, 0.25) is 0 Å². The summed E-state index contributed by atoms with van der Waals surface area (Å²) in [5.74, 6) is 0. The third-order valence-electron chi connectivity index (χ3n) is 2.75. The smallest absolute Gasteiger partial charge is 0.107 e. The van der Waals surface area contributed by atoms with Gasteiger partial charge in [-0.15, -0.1) is 11.3 Å². The van der Waals surface area contributed by atoms with Crippen LogP contribution >= 0.6 is 11.3 Å². The summed E-state index contributed by atoms with van der Waals surface area (Å²) < 4.78 is 0. The van der Waals surface area contributed by atoms with Gasteiger partial charge in [-0.05, 0) is 39.8 Å². The molecule has 1 aromatic heterocycles. The molecular weight excluding hydrogens is 206 g/mol. The van der Waals surface area contributed by atoms with Crippen molar-refractivity contribution in [3.8, 4) is 0 Å². The van der Waals surface area contributed by atoms with Gasteiger partial charge >= 0.3 is 0 Å². The molecule has 0 saturated carbocycles. The van der Waals surface area contributed by atoms with Crippen molar-refractivity contribution in [2.45, 2.75) is 38.8 Å².